The highest BCUT2D eigenvalue weighted by molar-refractivity contribution is 5.84. The van der Waals surface area contributed by atoms with Crippen LogP contribution in [0.1, 0.15) is 39.5 Å². The summed E-state index contributed by atoms with van der Waals surface area (Å²) in [6.45, 7) is 5.73. The van der Waals surface area contributed by atoms with Gasteiger partial charge in [-0.1, -0.05) is 0 Å². The number of rotatable bonds is 4. The van der Waals surface area contributed by atoms with E-state index in [1.54, 1.807) is 18.7 Å². The molecule has 2 saturated heterocycles. The maximum Gasteiger partial charge on any atom is 0.229 e. The summed E-state index contributed by atoms with van der Waals surface area (Å²) in [5, 5.41) is 0. The summed E-state index contributed by atoms with van der Waals surface area (Å²) in [5.74, 6) is 0.280. The number of carbonyl (C=O) groups excluding carboxylic acids is 3. The van der Waals surface area contributed by atoms with E-state index >= 15 is 0 Å². The van der Waals surface area contributed by atoms with E-state index in [0.29, 0.717) is 25.7 Å². The molecule has 0 aromatic rings. The summed E-state index contributed by atoms with van der Waals surface area (Å²) >= 11 is 0. The third-order valence-electron chi connectivity index (χ3n) is 5.14. The molecule has 1 unspecified atom stereocenters. The molecule has 3 amide bonds. The van der Waals surface area contributed by atoms with Crippen LogP contribution in [0.2, 0.25) is 0 Å². The first-order valence-electron chi connectivity index (χ1n) is 8.30. The standard InChI is InChI=1S/C16H25N3O3/c1-11(20)17-8-13(9-17)16(22)18-7-3-4-15(18)10-19(12(2)21)14-5-6-14/h13-15H,3-10H2,1-2H3. The number of hydrogen-bond acceptors (Lipinski definition) is 3. The highest BCUT2D eigenvalue weighted by atomic mass is 16.2. The van der Waals surface area contributed by atoms with Crippen molar-refractivity contribution < 1.29 is 14.4 Å². The zero-order chi connectivity index (χ0) is 15.9. The topological polar surface area (TPSA) is 60.9 Å². The second-order valence-corrected chi connectivity index (χ2v) is 6.85. The van der Waals surface area contributed by atoms with Crippen LogP contribution in [0.4, 0.5) is 0 Å². The molecule has 0 radical (unpaired) electrons. The van der Waals surface area contributed by atoms with Crippen molar-refractivity contribution in [2.45, 2.75) is 51.6 Å². The van der Waals surface area contributed by atoms with Crippen LogP contribution in [0.3, 0.4) is 0 Å². The van der Waals surface area contributed by atoms with Gasteiger partial charge in [0.15, 0.2) is 0 Å². The summed E-state index contributed by atoms with van der Waals surface area (Å²) < 4.78 is 0. The number of nitrogens with zero attached hydrogens (tertiary/aromatic N) is 3. The van der Waals surface area contributed by atoms with Crippen LogP contribution in [-0.4, -0.2) is 70.7 Å². The van der Waals surface area contributed by atoms with E-state index in [1.807, 2.05) is 9.80 Å². The minimum atomic E-state index is -0.0452. The van der Waals surface area contributed by atoms with Gasteiger partial charge in [0, 0.05) is 52.1 Å². The molecule has 0 N–H and O–H groups in total. The first-order chi connectivity index (χ1) is 10.5. The van der Waals surface area contributed by atoms with Crippen molar-refractivity contribution >= 4 is 17.7 Å². The van der Waals surface area contributed by atoms with E-state index in [0.717, 1.165) is 32.2 Å². The molecular weight excluding hydrogens is 282 g/mol. The first kappa shape index (κ1) is 15.3. The third kappa shape index (κ3) is 2.96. The predicted molar refractivity (Wildman–Crippen MR) is 80.9 cm³/mol. The van der Waals surface area contributed by atoms with E-state index in [2.05, 4.69) is 0 Å². The normalized spacial score (nSPS) is 25.1. The van der Waals surface area contributed by atoms with Crippen LogP contribution in [0.5, 0.6) is 0 Å². The fourth-order valence-corrected chi connectivity index (χ4v) is 3.59. The molecule has 3 aliphatic rings. The molecule has 0 aromatic heterocycles. The first-order valence-corrected chi connectivity index (χ1v) is 8.30. The Morgan fingerprint density at radius 2 is 1.77 bits per heavy atom. The van der Waals surface area contributed by atoms with Crippen LogP contribution in [0.25, 0.3) is 0 Å². The average Bonchev–Trinajstić information content (AvgIpc) is 3.11. The lowest BCUT2D eigenvalue weighted by atomic mass is 9.98. The monoisotopic (exact) mass is 307 g/mol. The minimum Gasteiger partial charge on any atom is -0.341 e. The Morgan fingerprint density at radius 3 is 2.32 bits per heavy atom. The highest BCUT2D eigenvalue weighted by Crippen LogP contribution is 2.30. The molecule has 0 bridgehead atoms. The van der Waals surface area contributed by atoms with Gasteiger partial charge in [0.05, 0.1) is 5.92 Å². The second kappa shape index (κ2) is 5.89. The molecule has 1 saturated carbocycles. The van der Waals surface area contributed by atoms with E-state index in [1.165, 1.54) is 0 Å². The van der Waals surface area contributed by atoms with E-state index in [9.17, 15) is 14.4 Å². The van der Waals surface area contributed by atoms with Gasteiger partial charge in [-0.15, -0.1) is 0 Å². The maximum atomic E-state index is 12.6. The van der Waals surface area contributed by atoms with Crippen LogP contribution in [-0.2, 0) is 14.4 Å². The Labute approximate surface area is 131 Å². The van der Waals surface area contributed by atoms with Crippen molar-refractivity contribution in [3.8, 4) is 0 Å². The lowest BCUT2D eigenvalue weighted by Crippen LogP contribution is -2.57. The molecule has 2 heterocycles. The Kier molecular flexibility index (Phi) is 4.10. The van der Waals surface area contributed by atoms with Gasteiger partial charge >= 0.3 is 0 Å². The largest absolute Gasteiger partial charge is 0.341 e. The number of carbonyl (C=O) groups is 3. The van der Waals surface area contributed by atoms with Crippen LogP contribution < -0.4 is 0 Å². The molecule has 1 aliphatic carbocycles. The molecule has 6 nitrogen and oxygen atoms in total. The van der Waals surface area contributed by atoms with Crippen molar-refractivity contribution in [3.63, 3.8) is 0 Å². The number of likely N-dealkylation sites (tertiary alicyclic amines) is 2. The molecule has 0 aromatic carbocycles. The lowest BCUT2D eigenvalue weighted by Gasteiger charge is -2.41. The molecular formula is C16H25N3O3. The molecule has 122 valence electrons. The quantitative estimate of drug-likeness (QED) is 0.758. The summed E-state index contributed by atoms with van der Waals surface area (Å²) in [6, 6.07) is 0.551. The Bertz CT molecular complexity index is 483. The molecule has 3 rings (SSSR count). The summed E-state index contributed by atoms with van der Waals surface area (Å²) in [7, 11) is 0. The SMILES string of the molecule is CC(=O)N1CC(C(=O)N2CCCC2CN(C(C)=O)C2CC2)C1. The zero-order valence-corrected chi connectivity index (χ0v) is 13.5. The van der Waals surface area contributed by atoms with Gasteiger partial charge in [-0.05, 0) is 25.7 Å². The Morgan fingerprint density at radius 1 is 1.09 bits per heavy atom. The van der Waals surface area contributed by atoms with Crippen molar-refractivity contribution in [3.05, 3.63) is 0 Å². The van der Waals surface area contributed by atoms with Gasteiger partial charge in [0.1, 0.15) is 0 Å². The molecule has 22 heavy (non-hydrogen) atoms. The van der Waals surface area contributed by atoms with Crippen molar-refractivity contribution in [1.82, 2.24) is 14.7 Å². The van der Waals surface area contributed by atoms with Crippen molar-refractivity contribution in [2.75, 3.05) is 26.2 Å². The van der Waals surface area contributed by atoms with Crippen molar-refractivity contribution in [1.29, 1.82) is 0 Å². The van der Waals surface area contributed by atoms with E-state index in [4.69, 9.17) is 0 Å². The van der Waals surface area contributed by atoms with E-state index in [-0.39, 0.29) is 29.7 Å². The molecule has 0 spiro atoms. The molecule has 2 aliphatic heterocycles. The minimum absolute atomic E-state index is 0.0403. The second-order valence-electron chi connectivity index (χ2n) is 6.85. The fourth-order valence-electron chi connectivity index (χ4n) is 3.59. The van der Waals surface area contributed by atoms with Crippen LogP contribution in [0, 0.1) is 5.92 Å². The van der Waals surface area contributed by atoms with Gasteiger partial charge in [0.25, 0.3) is 0 Å². The average molecular weight is 307 g/mol. The number of amides is 3. The lowest BCUT2D eigenvalue weighted by molar-refractivity contribution is -0.149. The molecule has 3 fully saturated rings. The summed E-state index contributed by atoms with van der Waals surface area (Å²) in [6.07, 6.45) is 4.17. The van der Waals surface area contributed by atoms with Crippen LogP contribution >= 0.6 is 0 Å². The van der Waals surface area contributed by atoms with Gasteiger partial charge in [-0.3, -0.25) is 14.4 Å². The third-order valence-corrected chi connectivity index (χ3v) is 5.14. The van der Waals surface area contributed by atoms with Gasteiger partial charge in [-0.2, -0.15) is 0 Å². The molecule has 1 atom stereocenters. The molecule has 6 heteroatoms. The highest BCUT2D eigenvalue weighted by Gasteiger charge is 2.41. The number of hydrogen-bond donors (Lipinski definition) is 0. The fraction of sp³-hybridized carbons (Fsp3) is 0.812. The summed E-state index contributed by atoms with van der Waals surface area (Å²) in [5.41, 5.74) is 0. The predicted octanol–water partition coefficient (Wildman–Crippen LogP) is 0.467. The maximum absolute atomic E-state index is 12.6. The van der Waals surface area contributed by atoms with Gasteiger partial charge in [-0.25, -0.2) is 0 Å². The van der Waals surface area contributed by atoms with E-state index < -0.39 is 0 Å². The Balaban J connectivity index is 1.57. The van der Waals surface area contributed by atoms with Gasteiger partial charge in [0.2, 0.25) is 17.7 Å². The summed E-state index contributed by atoms with van der Waals surface area (Å²) in [4.78, 5) is 41.3. The zero-order valence-electron chi connectivity index (χ0n) is 13.5. The van der Waals surface area contributed by atoms with Crippen molar-refractivity contribution in [2.24, 2.45) is 5.92 Å². The van der Waals surface area contributed by atoms with Gasteiger partial charge < -0.3 is 14.7 Å². The smallest absolute Gasteiger partial charge is 0.229 e. The Hall–Kier alpha value is -1.59. The van der Waals surface area contributed by atoms with Crippen LogP contribution in [0.15, 0.2) is 0 Å².